The van der Waals surface area contributed by atoms with Crippen LogP contribution in [-0.4, -0.2) is 68.3 Å². The maximum atomic E-state index is 12.0. The lowest BCUT2D eigenvalue weighted by Gasteiger charge is -2.33. The molecule has 24 heavy (non-hydrogen) atoms. The minimum absolute atomic E-state index is 0.0236. The van der Waals surface area contributed by atoms with Gasteiger partial charge in [-0.3, -0.25) is 9.59 Å². The first-order valence-corrected chi connectivity index (χ1v) is 8.28. The van der Waals surface area contributed by atoms with Crippen molar-refractivity contribution in [3.63, 3.8) is 0 Å². The lowest BCUT2D eigenvalue weighted by Crippen LogP contribution is -2.47. The molecule has 0 saturated carbocycles. The van der Waals surface area contributed by atoms with Gasteiger partial charge in [0.1, 0.15) is 13.2 Å². The zero-order chi connectivity index (χ0) is 17.6. The number of nitrogens with one attached hydrogen (secondary N) is 2. The predicted molar refractivity (Wildman–Crippen MR) is 80.2 cm³/mol. The number of carbonyl (C=O) groups excluding carboxylic acids is 2. The van der Waals surface area contributed by atoms with Crippen molar-refractivity contribution < 1.29 is 27.5 Å². The second-order valence-electron chi connectivity index (χ2n) is 6.35. The van der Waals surface area contributed by atoms with Gasteiger partial charge in [0.25, 0.3) is 0 Å². The van der Waals surface area contributed by atoms with Gasteiger partial charge in [-0.15, -0.1) is 0 Å². The highest BCUT2D eigenvalue weighted by molar-refractivity contribution is 5.82. The van der Waals surface area contributed by atoms with Crippen molar-refractivity contribution in [3.8, 4) is 0 Å². The number of hydrogen-bond donors (Lipinski definition) is 2. The fourth-order valence-electron chi connectivity index (χ4n) is 3.08. The Balaban J connectivity index is 1.68. The standard InChI is InChI=1S/C15H24F3N3O3/c16-15(17,18)10-24-9-13(22)21-6-2-3-11(8-21)7-20-14(23)12-4-1-5-19-12/h11-12,19H,1-10H2,(H,20,23). The van der Waals surface area contributed by atoms with E-state index >= 15 is 0 Å². The molecule has 2 aliphatic heterocycles. The van der Waals surface area contributed by atoms with Gasteiger partial charge in [-0.05, 0) is 38.1 Å². The third-order valence-corrected chi connectivity index (χ3v) is 4.30. The molecule has 138 valence electrons. The fourth-order valence-corrected chi connectivity index (χ4v) is 3.08. The van der Waals surface area contributed by atoms with E-state index in [1.807, 2.05) is 0 Å². The summed E-state index contributed by atoms with van der Waals surface area (Å²) < 4.78 is 40.5. The molecule has 0 aromatic heterocycles. The van der Waals surface area contributed by atoms with Gasteiger partial charge in [0.05, 0.1) is 6.04 Å². The van der Waals surface area contributed by atoms with E-state index in [-0.39, 0.29) is 17.9 Å². The molecule has 2 heterocycles. The number of likely N-dealkylation sites (tertiary alicyclic amines) is 1. The van der Waals surface area contributed by atoms with Gasteiger partial charge in [0, 0.05) is 19.6 Å². The Hall–Kier alpha value is -1.35. The van der Waals surface area contributed by atoms with Crippen molar-refractivity contribution in [1.82, 2.24) is 15.5 Å². The molecular weight excluding hydrogens is 327 g/mol. The van der Waals surface area contributed by atoms with Crippen molar-refractivity contribution >= 4 is 11.8 Å². The number of hydrogen-bond acceptors (Lipinski definition) is 4. The van der Waals surface area contributed by atoms with Crippen LogP contribution in [0.5, 0.6) is 0 Å². The summed E-state index contributed by atoms with van der Waals surface area (Å²) in [5.74, 6) is -0.340. The van der Waals surface area contributed by atoms with Crippen LogP contribution in [0.25, 0.3) is 0 Å². The Morgan fingerprint density at radius 2 is 2.04 bits per heavy atom. The van der Waals surface area contributed by atoms with Gasteiger partial charge >= 0.3 is 6.18 Å². The average molecular weight is 351 g/mol. The zero-order valence-electron chi connectivity index (χ0n) is 13.5. The van der Waals surface area contributed by atoms with Gasteiger partial charge in [-0.2, -0.15) is 13.2 Å². The molecule has 0 aliphatic carbocycles. The fraction of sp³-hybridized carbons (Fsp3) is 0.867. The molecule has 6 nitrogen and oxygen atoms in total. The Bertz CT molecular complexity index is 439. The minimum atomic E-state index is -4.43. The molecule has 2 rings (SSSR count). The number of alkyl halides is 3. The van der Waals surface area contributed by atoms with Crippen LogP contribution in [0.3, 0.4) is 0 Å². The largest absolute Gasteiger partial charge is 0.411 e. The van der Waals surface area contributed by atoms with Crippen molar-refractivity contribution in [1.29, 1.82) is 0 Å². The van der Waals surface area contributed by atoms with E-state index in [1.165, 1.54) is 4.90 Å². The van der Waals surface area contributed by atoms with Gasteiger partial charge in [-0.25, -0.2) is 0 Å². The molecule has 0 aromatic carbocycles. The number of piperidine rings is 1. The first kappa shape index (κ1) is 19.0. The third-order valence-electron chi connectivity index (χ3n) is 4.30. The topological polar surface area (TPSA) is 70.7 Å². The molecule has 9 heteroatoms. The molecule has 2 atom stereocenters. The van der Waals surface area contributed by atoms with Crippen molar-refractivity contribution in [3.05, 3.63) is 0 Å². The molecule has 0 spiro atoms. The van der Waals surface area contributed by atoms with E-state index < -0.39 is 25.3 Å². The lowest BCUT2D eigenvalue weighted by atomic mass is 9.97. The monoisotopic (exact) mass is 351 g/mol. The van der Waals surface area contributed by atoms with Crippen LogP contribution >= 0.6 is 0 Å². The molecule has 2 aliphatic rings. The van der Waals surface area contributed by atoms with Crippen molar-refractivity contribution in [2.75, 3.05) is 39.4 Å². The van der Waals surface area contributed by atoms with Crippen LogP contribution in [0.4, 0.5) is 13.2 Å². The first-order valence-electron chi connectivity index (χ1n) is 8.28. The maximum absolute atomic E-state index is 12.0. The third kappa shape index (κ3) is 6.27. The van der Waals surface area contributed by atoms with E-state index in [0.717, 1.165) is 32.2 Å². The molecule has 0 aromatic rings. The summed E-state index contributed by atoms with van der Waals surface area (Å²) in [4.78, 5) is 25.4. The molecule has 2 fully saturated rings. The number of halogens is 3. The molecule has 0 radical (unpaired) electrons. The second kappa shape index (κ2) is 8.66. The van der Waals surface area contributed by atoms with Crippen LogP contribution in [0, 0.1) is 5.92 Å². The van der Waals surface area contributed by atoms with E-state index in [1.54, 1.807) is 0 Å². The van der Waals surface area contributed by atoms with Crippen LogP contribution in [0.2, 0.25) is 0 Å². The Kier molecular flexibility index (Phi) is 6.85. The van der Waals surface area contributed by atoms with E-state index in [2.05, 4.69) is 15.4 Å². The highest BCUT2D eigenvalue weighted by atomic mass is 19.4. The van der Waals surface area contributed by atoms with Gasteiger partial charge in [0.2, 0.25) is 11.8 Å². The average Bonchev–Trinajstić information content (AvgIpc) is 3.06. The predicted octanol–water partition coefficient (Wildman–Crippen LogP) is 0.672. The number of rotatable bonds is 6. The Morgan fingerprint density at radius 3 is 2.71 bits per heavy atom. The van der Waals surface area contributed by atoms with Crippen molar-refractivity contribution in [2.24, 2.45) is 5.92 Å². The van der Waals surface area contributed by atoms with E-state index in [9.17, 15) is 22.8 Å². The summed E-state index contributed by atoms with van der Waals surface area (Å²) >= 11 is 0. The second-order valence-corrected chi connectivity index (χ2v) is 6.35. The van der Waals surface area contributed by atoms with Crippen molar-refractivity contribution in [2.45, 2.75) is 37.9 Å². The summed E-state index contributed by atoms with van der Waals surface area (Å²) in [6, 6.07) is -0.137. The summed E-state index contributed by atoms with van der Waals surface area (Å²) in [5.41, 5.74) is 0. The van der Waals surface area contributed by atoms with Gasteiger partial charge in [0.15, 0.2) is 0 Å². The summed E-state index contributed by atoms with van der Waals surface area (Å²) in [6.45, 7) is 0.298. The smallest absolute Gasteiger partial charge is 0.362 e. The summed E-state index contributed by atoms with van der Waals surface area (Å²) in [5, 5.41) is 6.02. The quantitative estimate of drug-likeness (QED) is 0.738. The number of nitrogens with zero attached hydrogens (tertiary/aromatic N) is 1. The molecular formula is C15H24F3N3O3. The van der Waals surface area contributed by atoms with E-state index in [4.69, 9.17) is 0 Å². The summed E-state index contributed by atoms with van der Waals surface area (Å²) in [7, 11) is 0. The first-order chi connectivity index (χ1) is 11.3. The highest BCUT2D eigenvalue weighted by Crippen LogP contribution is 2.17. The lowest BCUT2D eigenvalue weighted by molar-refractivity contribution is -0.178. The Morgan fingerprint density at radius 1 is 1.25 bits per heavy atom. The Labute approximate surface area is 139 Å². The minimum Gasteiger partial charge on any atom is -0.362 e. The van der Waals surface area contributed by atoms with Crippen LogP contribution in [-0.2, 0) is 14.3 Å². The molecule has 2 N–H and O–H groups in total. The van der Waals surface area contributed by atoms with Crippen LogP contribution in [0.15, 0.2) is 0 Å². The van der Waals surface area contributed by atoms with Gasteiger partial charge < -0.3 is 20.3 Å². The maximum Gasteiger partial charge on any atom is 0.411 e. The molecule has 2 unspecified atom stereocenters. The number of carbonyl (C=O) groups is 2. The van der Waals surface area contributed by atoms with E-state index in [0.29, 0.717) is 19.6 Å². The summed E-state index contributed by atoms with van der Waals surface area (Å²) in [6.07, 6.45) is -0.957. The molecule has 2 amide bonds. The zero-order valence-corrected chi connectivity index (χ0v) is 13.5. The number of amides is 2. The van der Waals surface area contributed by atoms with Gasteiger partial charge in [-0.1, -0.05) is 0 Å². The normalized spacial score (nSPS) is 24.9. The highest BCUT2D eigenvalue weighted by Gasteiger charge is 2.29. The van der Waals surface area contributed by atoms with Crippen LogP contribution < -0.4 is 10.6 Å². The van der Waals surface area contributed by atoms with Crippen LogP contribution in [0.1, 0.15) is 25.7 Å². The molecule has 2 saturated heterocycles. The molecule has 0 bridgehead atoms. The SMILES string of the molecule is O=C(NCC1CCCN(C(=O)COCC(F)(F)F)C1)C1CCCN1. The number of ether oxygens (including phenoxy) is 1.